The molecule has 2 heterocycles. The zero-order valence-electron chi connectivity index (χ0n) is 11.3. The number of nitrogens with one attached hydrogen (secondary N) is 1. The summed E-state index contributed by atoms with van der Waals surface area (Å²) in [6, 6.07) is 2.07. The van der Waals surface area contributed by atoms with Gasteiger partial charge in [-0.2, -0.15) is 0 Å². The van der Waals surface area contributed by atoms with E-state index in [1.165, 1.54) is 43.7 Å². The number of thiophene rings is 1. The van der Waals surface area contributed by atoms with Crippen LogP contribution in [0.25, 0.3) is 0 Å². The molecule has 5 nitrogen and oxygen atoms in total. The van der Waals surface area contributed by atoms with E-state index >= 15 is 0 Å². The van der Waals surface area contributed by atoms with Gasteiger partial charge in [-0.25, -0.2) is 0 Å². The molecule has 1 fully saturated rings. The predicted molar refractivity (Wildman–Crippen MR) is 77.6 cm³/mol. The third-order valence-corrected chi connectivity index (χ3v) is 4.38. The molecule has 1 saturated heterocycles. The van der Waals surface area contributed by atoms with Gasteiger partial charge in [-0.05, 0) is 38.4 Å². The summed E-state index contributed by atoms with van der Waals surface area (Å²) in [5.74, 6) is 0. The second-order valence-corrected chi connectivity index (χ2v) is 6.08. The molecule has 1 atom stereocenters. The summed E-state index contributed by atoms with van der Waals surface area (Å²) in [6.07, 6.45) is 3.98. The summed E-state index contributed by atoms with van der Waals surface area (Å²) in [7, 11) is 0. The van der Waals surface area contributed by atoms with Crippen molar-refractivity contribution in [2.75, 3.05) is 19.6 Å². The van der Waals surface area contributed by atoms with Crippen molar-refractivity contribution in [1.82, 2.24) is 10.2 Å². The number of likely N-dealkylation sites (tertiary alicyclic amines) is 1. The van der Waals surface area contributed by atoms with Gasteiger partial charge in [-0.3, -0.25) is 10.1 Å². The molecule has 19 heavy (non-hydrogen) atoms. The Hall–Kier alpha value is -0.980. The fourth-order valence-electron chi connectivity index (χ4n) is 2.44. The first-order chi connectivity index (χ1) is 9.15. The van der Waals surface area contributed by atoms with E-state index in [4.69, 9.17) is 0 Å². The first-order valence-electron chi connectivity index (χ1n) is 6.82. The van der Waals surface area contributed by atoms with Gasteiger partial charge in [0.05, 0.1) is 4.92 Å². The molecule has 2 rings (SSSR count). The van der Waals surface area contributed by atoms with Crippen LogP contribution >= 0.6 is 11.3 Å². The van der Waals surface area contributed by atoms with E-state index in [1.807, 2.05) is 5.38 Å². The van der Waals surface area contributed by atoms with Gasteiger partial charge >= 0.3 is 5.00 Å². The maximum Gasteiger partial charge on any atom is 0.324 e. The molecule has 1 aliphatic rings. The van der Waals surface area contributed by atoms with Crippen LogP contribution in [0.3, 0.4) is 0 Å². The van der Waals surface area contributed by atoms with Gasteiger partial charge in [0.1, 0.15) is 0 Å². The highest BCUT2D eigenvalue weighted by Crippen LogP contribution is 2.22. The Morgan fingerprint density at radius 3 is 2.84 bits per heavy atom. The molecule has 6 heteroatoms. The zero-order chi connectivity index (χ0) is 13.7. The highest BCUT2D eigenvalue weighted by atomic mass is 32.1. The molecular weight excluding hydrogens is 262 g/mol. The molecule has 0 radical (unpaired) electrons. The average Bonchev–Trinajstić information content (AvgIpc) is 2.86. The van der Waals surface area contributed by atoms with Gasteiger partial charge in [0.15, 0.2) is 0 Å². The first-order valence-corrected chi connectivity index (χ1v) is 7.70. The minimum absolute atomic E-state index is 0.223. The first kappa shape index (κ1) is 14.4. The Kier molecular flexibility index (Phi) is 5.30. The van der Waals surface area contributed by atoms with E-state index in [1.54, 1.807) is 6.07 Å². The molecule has 1 N–H and O–H groups in total. The van der Waals surface area contributed by atoms with Crippen LogP contribution in [-0.2, 0) is 6.54 Å². The van der Waals surface area contributed by atoms with Crippen molar-refractivity contribution in [3.05, 3.63) is 27.1 Å². The SMILES string of the molecule is CC(CN1CCCCC1)NCc1csc([N+](=O)[O-])c1. The standard InChI is InChI=1S/C13H21N3O2S/c1-11(9-15-5-3-2-4-6-15)14-8-12-7-13(16(17)18)19-10-12/h7,10-11,14H,2-6,8-9H2,1H3. The average molecular weight is 283 g/mol. The normalized spacial score (nSPS) is 18.4. The summed E-state index contributed by atoms with van der Waals surface area (Å²) in [6.45, 7) is 6.35. The lowest BCUT2D eigenvalue weighted by atomic mass is 10.1. The zero-order valence-corrected chi connectivity index (χ0v) is 12.1. The minimum Gasteiger partial charge on any atom is -0.309 e. The molecule has 1 aromatic heterocycles. The number of hydrogen-bond donors (Lipinski definition) is 1. The maximum absolute atomic E-state index is 10.6. The second-order valence-electron chi connectivity index (χ2n) is 5.19. The number of piperidine rings is 1. The second kappa shape index (κ2) is 6.98. The van der Waals surface area contributed by atoms with E-state index in [0.29, 0.717) is 12.6 Å². The van der Waals surface area contributed by atoms with E-state index in [9.17, 15) is 10.1 Å². The molecule has 1 aromatic rings. The van der Waals surface area contributed by atoms with Gasteiger partial charge in [0.25, 0.3) is 0 Å². The Bertz CT molecular complexity index is 416. The van der Waals surface area contributed by atoms with E-state index < -0.39 is 0 Å². The van der Waals surface area contributed by atoms with E-state index in [2.05, 4.69) is 17.1 Å². The lowest BCUT2D eigenvalue weighted by molar-refractivity contribution is -0.380. The van der Waals surface area contributed by atoms with Gasteiger partial charge in [0.2, 0.25) is 0 Å². The monoisotopic (exact) mass is 283 g/mol. The number of nitrogens with zero attached hydrogens (tertiary/aromatic N) is 2. The summed E-state index contributed by atoms with van der Waals surface area (Å²) in [5.41, 5.74) is 1.00. The van der Waals surface area contributed by atoms with Gasteiger partial charge in [0, 0.05) is 30.6 Å². The Balaban J connectivity index is 1.72. The summed E-state index contributed by atoms with van der Waals surface area (Å²) < 4.78 is 0. The largest absolute Gasteiger partial charge is 0.324 e. The summed E-state index contributed by atoms with van der Waals surface area (Å²) >= 11 is 1.20. The van der Waals surface area contributed by atoms with Crippen LogP contribution in [0.1, 0.15) is 31.7 Å². The third kappa shape index (κ3) is 4.56. The number of hydrogen-bond acceptors (Lipinski definition) is 5. The lowest BCUT2D eigenvalue weighted by Crippen LogP contribution is -2.41. The van der Waals surface area contributed by atoms with Crippen molar-refractivity contribution in [2.45, 2.75) is 38.8 Å². The lowest BCUT2D eigenvalue weighted by Gasteiger charge is -2.29. The van der Waals surface area contributed by atoms with Crippen LogP contribution in [0.15, 0.2) is 11.4 Å². The number of nitro groups is 1. The smallest absolute Gasteiger partial charge is 0.309 e. The molecule has 0 amide bonds. The molecule has 1 aliphatic heterocycles. The van der Waals surface area contributed by atoms with Crippen molar-refractivity contribution in [3.8, 4) is 0 Å². The highest BCUT2D eigenvalue weighted by molar-refractivity contribution is 7.13. The fourth-order valence-corrected chi connectivity index (χ4v) is 3.17. The van der Waals surface area contributed by atoms with Crippen molar-refractivity contribution < 1.29 is 4.92 Å². The van der Waals surface area contributed by atoms with Crippen LogP contribution in [0.2, 0.25) is 0 Å². The van der Waals surface area contributed by atoms with Gasteiger partial charge in [-0.1, -0.05) is 17.8 Å². The van der Waals surface area contributed by atoms with Crippen LogP contribution in [0.4, 0.5) is 5.00 Å². The summed E-state index contributed by atoms with van der Waals surface area (Å²) in [4.78, 5) is 12.8. The van der Waals surface area contributed by atoms with Crippen LogP contribution in [-0.4, -0.2) is 35.5 Å². The Morgan fingerprint density at radius 1 is 1.47 bits per heavy atom. The van der Waals surface area contributed by atoms with Crippen molar-refractivity contribution in [2.24, 2.45) is 0 Å². The fraction of sp³-hybridized carbons (Fsp3) is 0.692. The van der Waals surface area contributed by atoms with Crippen LogP contribution in [0.5, 0.6) is 0 Å². The molecule has 106 valence electrons. The van der Waals surface area contributed by atoms with Gasteiger partial charge in [-0.15, -0.1) is 0 Å². The predicted octanol–water partition coefficient (Wildman–Crippen LogP) is 2.62. The van der Waals surface area contributed by atoms with Crippen LogP contribution in [0, 0.1) is 10.1 Å². The Morgan fingerprint density at radius 2 is 2.21 bits per heavy atom. The van der Waals surface area contributed by atoms with Gasteiger partial charge < -0.3 is 10.2 Å². The van der Waals surface area contributed by atoms with Crippen molar-refractivity contribution >= 4 is 16.3 Å². The topological polar surface area (TPSA) is 58.4 Å². The van der Waals surface area contributed by atoms with Crippen molar-refractivity contribution in [3.63, 3.8) is 0 Å². The quantitative estimate of drug-likeness (QED) is 0.644. The molecule has 0 saturated carbocycles. The molecule has 0 aromatic carbocycles. The maximum atomic E-state index is 10.6. The molecule has 0 bridgehead atoms. The Labute approximate surface area is 117 Å². The summed E-state index contributed by atoms with van der Waals surface area (Å²) in [5, 5.41) is 16.1. The third-order valence-electron chi connectivity index (χ3n) is 3.46. The van der Waals surface area contributed by atoms with Crippen LogP contribution < -0.4 is 5.32 Å². The minimum atomic E-state index is -0.328. The molecular formula is C13H21N3O2S. The highest BCUT2D eigenvalue weighted by Gasteiger charge is 2.14. The molecule has 0 spiro atoms. The van der Waals surface area contributed by atoms with Crippen molar-refractivity contribution in [1.29, 1.82) is 0 Å². The van der Waals surface area contributed by atoms with E-state index in [-0.39, 0.29) is 9.92 Å². The molecule has 1 unspecified atom stereocenters. The van der Waals surface area contributed by atoms with E-state index in [0.717, 1.165) is 12.1 Å². The molecule has 0 aliphatic carbocycles. The number of rotatable bonds is 6.